The first kappa shape index (κ1) is 43.2. The van der Waals surface area contributed by atoms with E-state index < -0.39 is 70.6 Å². The molecule has 26 heteroatoms. The number of amides is 5. The molecule has 2 saturated heterocycles. The second kappa shape index (κ2) is 18.7. The third-order valence-corrected chi connectivity index (χ3v) is 12.7. The molecule has 5 atom stereocenters. The van der Waals surface area contributed by atoms with Gasteiger partial charge in [-0.2, -0.15) is 0 Å². The van der Waals surface area contributed by atoms with Crippen molar-refractivity contribution in [1.29, 1.82) is 0 Å². The Balaban J connectivity index is 0.000000202. The number of carbonyl (C=O) groups excluding carboxylic acids is 5. The number of benzene rings is 1. The van der Waals surface area contributed by atoms with Crippen molar-refractivity contribution in [3.63, 3.8) is 0 Å². The number of fused-ring (bicyclic) bond motifs is 2. The Morgan fingerprint density at radius 3 is 2.13 bits per heavy atom. The molecule has 0 bridgehead atoms. The number of furan rings is 1. The number of oxime groups is 1. The molecular formula is C34H34N10O13S3. The molecule has 0 saturated carbocycles. The van der Waals surface area contributed by atoms with E-state index in [1.54, 1.807) is 43.4 Å². The third kappa shape index (κ3) is 8.94. The lowest BCUT2D eigenvalue weighted by Gasteiger charge is -2.49. The third-order valence-electron chi connectivity index (χ3n) is 8.95. The normalized spacial score (nSPS) is 21.3. The van der Waals surface area contributed by atoms with E-state index in [0.29, 0.717) is 27.8 Å². The van der Waals surface area contributed by atoms with Crippen molar-refractivity contribution < 1.29 is 62.9 Å². The quantitative estimate of drug-likeness (QED) is 0.0501. The average Bonchev–Trinajstić information content (AvgIpc) is 3.93. The number of β-lactam (4-membered cyclic amide) rings is 2. The number of carboxylic acid groups (broad SMARTS) is 2. The molecule has 3 aromatic rings. The number of hydrogen-bond acceptors (Lipinski definition) is 18. The summed E-state index contributed by atoms with van der Waals surface area (Å²) in [4.78, 5) is 91.5. The standard InChI is InChI=1S/C18H18N6O5S2.C16H16N4O8S/c1-23-18(20-21-22-23)31-8-10-7-30-16-11(15(27)24(16)12(10)17(28)29)19-14(26)13(25)9-5-3-2-4-6-9;1-26-19-9(8-3-2-4-27-8)12(21)18-10-13(22)20-11(15(23)24)7(5-28-16(17)25)6-29-14(10)20/h2-6,11,13,16,25H,7-8H2,1H3,(H,19,26)(H,28,29);2-4,10,14H,5-6H2,1H3,(H2,17,25)(H,18,21)(H,23,24)/b;19-9+/t11-,13-,16-;10-,14-/m11/s1. The van der Waals surface area contributed by atoms with Crippen molar-refractivity contribution in [2.45, 2.75) is 34.1 Å². The minimum absolute atomic E-state index is 0.0783. The summed E-state index contributed by atoms with van der Waals surface area (Å²) in [5, 5.41) is 48.6. The number of hydrogen-bond donors (Lipinski definition) is 6. The van der Waals surface area contributed by atoms with Gasteiger partial charge in [-0.15, -0.1) is 28.6 Å². The number of carbonyl (C=O) groups is 7. The summed E-state index contributed by atoms with van der Waals surface area (Å²) in [7, 11) is 2.93. The Bertz CT molecular complexity index is 2280. The van der Waals surface area contributed by atoms with Crippen molar-refractivity contribution in [3.05, 3.63) is 82.6 Å². The molecule has 2 fully saturated rings. The molecule has 0 unspecified atom stereocenters. The number of tetrazole rings is 1. The van der Waals surface area contributed by atoms with Gasteiger partial charge in [-0.3, -0.25) is 29.0 Å². The first-order chi connectivity index (χ1) is 28.7. The molecule has 4 aliphatic heterocycles. The summed E-state index contributed by atoms with van der Waals surface area (Å²) in [5.74, 6) is -4.13. The van der Waals surface area contributed by atoms with Gasteiger partial charge in [0.1, 0.15) is 47.9 Å². The van der Waals surface area contributed by atoms with Gasteiger partial charge in [-0.1, -0.05) is 47.2 Å². The van der Waals surface area contributed by atoms with Crippen LogP contribution in [0.3, 0.4) is 0 Å². The Labute approximate surface area is 350 Å². The molecule has 1 aromatic carbocycles. The molecule has 316 valence electrons. The van der Waals surface area contributed by atoms with Crippen LogP contribution >= 0.6 is 35.3 Å². The van der Waals surface area contributed by atoms with E-state index in [9.17, 15) is 48.9 Å². The number of aliphatic hydroxyl groups is 1. The van der Waals surface area contributed by atoms with E-state index in [1.165, 1.54) is 64.3 Å². The lowest BCUT2D eigenvalue weighted by atomic mass is 10.0. The van der Waals surface area contributed by atoms with Crippen LogP contribution in [-0.4, -0.2) is 147 Å². The van der Waals surface area contributed by atoms with Crippen molar-refractivity contribution in [2.75, 3.05) is 31.0 Å². The minimum Gasteiger partial charge on any atom is -0.477 e. The number of aryl methyl sites for hydroxylation is 1. The highest BCUT2D eigenvalue weighted by molar-refractivity contribution is 8.01. The van der Waals surface area contributed by atoms with Crippen LogP contribution in [0.1, 0.15) is 17.4 Å². The summed E-state index contributed by atoms with van der Waals surface area (Å²) in [6.45, 7) is -0.347. The fourth-order valence-corrected chi connectivity index (χ4v) is 9.84. The van der Waals surface area contributed by atoms with Gasteiger partial charge in [0.05, 0.1) is 6.26 Å². The molecule has 6 heterocycles. The number of carboxylic acids is 2. The van der Waals surface area contributed by atoms with Gasteiger partial charge in [0.15, 0.2) is 11.9 Å². The second-order valence-corrected chi connectivity index (χ2v) is 15.8. The van der Waals surface area contributed by atoms with Crippen molar-refractivity contribution >= 4 is 82.7 Å². The highest BCUT2D eigenvalue weighted by Crippen LogP contribution is 2.42. The highest BCUT2D eigenvalue weighted by atomic mass is 32.2. The number of nitrogens with one attached hydrogen (secondary N) is 2. The van der Waals surface area contributed by atoms with Crippen molar-refractivity contribution in [3.8, 4) is 0 Å². The van der Waals surface area contributed by atoms with Crippen LogP contribution in [0.2, 0.25) is 0 Å². The predicted molar refractivity (Wildman–Crippen MR) is 208 cm³/mol. The van der Waals surface area contributed by atoms with E-state index in [0.717, 1.165) is 4.90 Å². The molecular weight excluding hydrogens is 853 g/mol. The number of rotatable bonds is 14. The molecule has 60 heavy (non-hydrogen) atoms. The molecule has 7 rings (SSSR count). The number of nitrogens with two attached hydrogens (primary N) is 1. The smallest absolute Gasteiger partial charge is 0.404 e. The van der Waals surface area contributed by atoms with Gasteiger partial charge in [0, 0.05) is 29.9 Å². The summed E-state index contributed by atoms with van der Waals surface area (Å²) in [5.41, 5.74) is 5.58. The minimum atomic E-state index is -1.42. The zero-order valence-corrected chi connectivity index (χ0v) is 33.6. The van der Waals surface area contributed by atoms with Gasteiger partial charge in [0.2, 0.25) is 10.9 Å². The summed E-state index contributed by atoms with van der Waals surface area (Å²) in [6, 6.07) is 9.54. The fourth-order valence-electron chi connectivity index (χ4n) is 6.17. The van der Waals surface area contributed by atoms with E-state index in [-0.39, 0.29) is 40.8 Å². The number of aliphatic hydroxyl groups excluding tert-OH is 1. The van der Waals surface area contributed by atoms with Gasteiger partial charge in [0.25, 0.3) is 23.6 Å². The number of ether oxygens (including phenoxy) is 1. The molecule has 4 aliphatic rings. The summed E-state index contributed by atoms with van der Waals surface area (Å²) in [6.07, 6.45) is -1.13. The Hall–Kier alpha value is -6.38. The Morgan fingerprint density at radius 2 is 1.58 bits per heavy atom. The summed E-state index contributed by atoms with van der Waals surface area (Å²) < 4.78 is 11.3. The summed E-state index contributed by atoms with van der Waals surface area (Å²) >= 11 is 3.85. The van der Waals surface area contributed by atoms with Crippen molar-refractivity contribution in [2.24, 2.45) is 17.9 Å². The Morgan fingerprint density at radius 1 is 0.967 bits per heavy atom. The first-order valence-electron chi connectivity index (χ1n) is 17.3. The molecule has 23 nitrogen and oxygen atoms in total. The topological polar surface area (TPSA) is 324 Å². The van der Waals surface area contributed by atoms with Crippen LogP contribution in [-0.2, 0) is 45.4 Å². The zero-order valence-electron chi connectivity index (χ0n) is 31.2. The second-order valence-electron chi connectivity index (χ2n) is 12.7. The van der Waals surface area contributed by atoms with Crippen LogP contribution in [0.25, 0.3) is 0 Å². The lowest BCUT2D eigenvalue weighted by molar-refractivity contribution is -0.151. The zero-order chi connectivity index (χ0) is 43.2. The van der Waals surface area contributed by atoms with Crippen LogP contribution in [0, 0.1) is 0 Å². The van der Waals surface area contributed by atoms with Gasteiger partial charge < -0.3 is 45.7 Å². The largest absolute Gasteiger partial charge is 0.477 e. The lowest BCUT2D eigenvalue weighted by Crippen LogP contribution is -2.71. The van der Waals surface area contributed by atoms with Crippen LogP contribution in [0.4, 0.5) is 4.79 Å². The molecule has 2 aromatic heterocycles. The Kier molecular flexibility index (Phi) is 13.5. The fraction of sp³-hybridized carbons (Fsp3) is 0.324. The molecule has 7 N–H and O–H groups in total. The number of primary amides is 1. The number of thioether (sulfide) groups is 3. The predicted octanol–water partition coefficient (Wildman–Crippen LogP) is -0.762. The van der Waals surface area contributed by atoms with E-state index >= 15 is 0 Å². The average molecular weight is 887 g/mol. The van der Waals surface area contributed by atoms with Gasteiger partial charge in [-0.05, 0) is 33.7 Å². The number of aliphatic carboxylic acids is 2. The van der Waals surface area contributed by atoms with Crippen molar-refractivity contribution in [1.82, 2.24) is 40.6 Å². The molecule has 0 spiro atoms. The highest BCUT2D eigenvalue weighted by Gasteiger charge is 2.55. The number of nitrogens with zero attached hydrogens (tertiary/aromatic N) is 7. The van der Waals surface area contributed by atoms with Crippen LogP contribution < -0.4 is 16.4 Å². The molecule has 5 amide bonds. The maximum atomic E-state index is 12.7. The monoisotopic (exact) mass is 886 g/mol. The van der Waals surface area contributed by atoms with Gasteiger partial charge >= 0.3 is 18.0 Å². The van der Waals surface area contributed by atoms with E-state index in [2.05, 4.69) is 40.9 Å². The molecule has 0 aliphatic carbocycles. The maximum absolute atomic E-state index is 12.7. The SMILES string of the molecule is CO/N=C(/C(=O)N[C@@H]1C(=O)N2C(C(=O)O)=C(COC(N)=O)CS[C@H]12)c1ccco1.Cn1nnnc1SCC1=C(C(=O)O)N2C(=O)[C@@H](NC(=O)[C@H](O)c3ccccc3)[C@H]2SC1. The number of aromatic nitrogens is 4. The molecule has 0 radical (unpaired) electrons. The maximum Gasteiger partial charge on any atom is 0.404 e. The van der Waals surface area contributed by atoms with E-state index in [4.69, 9.17) is 10.2 Å². The first-order valence-corrected chi connectivity index (χ1v) is 20.4. The van der Waals surface area contributed by atoms with E-state index in [1.807, 2.05) is 0 Å². The van der Waals surface area contributed by atoms with Crippen LogP contribution in [0.15, 0.2) is 86.0 Å². The van der Waals surface area contributed by atoms with Crippen LogP contribution in [0.5, 0.6) is 0 Å². The van der Waals surface area contributed by atoms with Gasteiger partial charge in [-0.25, -0.2) is 19.1 Å².